The van der Waals surface area contributed by atoms with Gasteiger partial charge in [-0.3, -0.25) is 9.89 Å². The van der Waals surface area contributed by atoms with E-state index in [0.717, 1.165) is 26.6 Å². The minimum absolute atomic E-state index is 0.136. The molecule has 0 spiro atoms. The van der Waals surface area contributed by atoms with E-state index in [1.165, 1.54) is 0 Å². The van der Waals surface area contributed by atoms with Crippen LogP contribution in [0.3, 0.4) is 0 Å². The summed E-state index contributed by atoms with van der Waals surface area (Å²) in [5, 5.41) is 10.7. The van der Waals surface area contributed by atoms with Crippen LogP contribution in [0, 0.1) is 6.92 Å². The van der Waals surface area contributed by atoms with Crippen LogP contribution in [-0.2, 0) is 0 Å². The molecular formula is C15H12BrN3O. The van der Waals surface area contributed by atoms with Crippen molar-refractivity contribution >= 4 is 38.4 Å². The van der Waals surface area contributed by atoms with Gasteiger partial charge in [-0.05, 0) is 42.8 Å². The number of aromatic nitrogens is 2. The number of hydrogen-bond donors (Lipinski definition) is 2. The van der Waals surface area contributed by atoms with E-state index in [1.54, 1.807) is 12.3 Å². The summed E-state index contributed by atoms with van der Waals surface area (Å²) in [6, 6.07) is 11.3. The molecule has 5 heteroatoms. The van der Waals surface area contributed by atoms with E-state index in [2.05, 4.69) is 31.4 Å². The summed E-state index contributed by atoms with van der Waals surface area (Å²) in [7, 11) is 0. The predicted octanol–water partition coefficient (Wildman–Crippen LogP) is 3.89. The first-order valence-corrected chi connectivity index (χ1v) is 6.93. The number of H-pyrrole nitrogens is 1. The Labute approximate surface area is 124 Å². The van der Waals surface area contributed by atoms with Crippen LogP contribution in [0.15, 0.2) is 47.1 Å². The summed E-state index contributed by atoms with van der Waals surface area (Å²) >= 11 is 3.41. The normalized spacial score (nSPS) is 10.7. The van der Waals surface area contributed by atoms with Crippen molar-refractivity contribution in [2.75, 3.05) is 5.32 Å². The van der Waals surface area contributed by atoms with Gasteiger partial charge < -0.3 is 5.32 Å². The molecular weight excluding hydrogens is 318 g/mol. The van der Waals surface area contributed by atoms with Gasteiger partial charge >= 0.3 is 0 Å². The zero-order valence-corrected chi connectivity index (χ0v) is 12.4. The van der Waals surface area contributed by atoms with E-state index >= 15 is 0 Å². The van der Waals surface area contributed by atoms with E-state index in [4.69, 9.17) is 0 Å². The van der Waals surface area contributed by atoms with E-state index in [0.29, 0.717) is 5.56 Å². The van der Waals surface area contributed by atoms with Gasteiger partial charge in [-0.15, -0.1) is 0 Å². The number of amides is 1. The number of nitrogens with zero attached hydrogens (tertiary/aromatic N) is 1. The third-order valence-corrected chi connectivity index (χ3v) is 3.50. The molecule has 0 fully saturated rings. The maximum Gasteiger partial charge on any atom is 0.255 e. The Morgan fingerprint density at radius 2 is 2.15 bits per heavy atom. The van der Waals surface area contributed by atoms with Gasteiger partial charge in [0, 0.05) is 15.4 Å². The molecule has 4 nitrogen and oxygen atoms in total. The number of halogens is 1. The first-order chi connectivity index (χ1) is 9.63. The minimum Gasteiger partial charge on any atom is -0.321 e. The van der Waals surface area contributed by atoms with Crippen LogP contribution in [0.5, 0.6) is 0 Å². The van der Waals surface area contributed by atoms with Crippen molar-refractivity contribution in [3.63, 3.8) is 0 Å². The summed E-state index contributed by atoms with van der Waals surface area (Å²) in [6.07, 6.45) is 1.71. The van der Waals surface area contributed by atoms with Gasteiger partial charge in [-0.2, -0.15) is 5.10 Å². The number of hydrogen-bond acceptors (Lipinski definition) is 2. The number of fused-ring (bicyclic) bond motifs is 1. The third kappa shape index (κ3) is 2.44. The minimum atomic E-state index is -0.136. The Morgan fingerprint density at radius 1 is 1.30 bits per heavy atom. The maximum atomic E-state index is 12.3. The molecule has 1 heterocycles. The highest BCUT2D eigenvalue weighted by Crippen LogP contribution is 2.22. The van der Waals surface area contributed by atoms with E-state index in [9.17, 15) is 4.79 Å². The molecule has 0 radical (unpaired) electrons. The molecule has 0 aliphatic heterocycles. The second kappa shape index (κ2) is 5.09. The highest BCUT2D eigenvalue weighted by atomic mass is 79.9. The molecule has 0 unspecified atom stereocenters. The molecule has 3 rings (SSSR count). The standard InChI is InChI=1S/C15H12BrN3O/c1-9-5-10(7-11(16)6-9)15(20)18-13-3-2-4-14-12(13)8-17-19-14/h2-8H,1H3,(H,17,19)(H,18,20). The molecule has 1 aromatic heterocycles. The SMILES string of the molecule is Cc1cc(Br)cc(C(=O)Nc2cccc3[nH]ncc23)c1. The summed E-state index contributed by atoms with van der Waals surface area (Å²) in [6.45, 7) is 1.96. The fraction of sp³-hybridized carbons (Fsp3) is 0.0667. The van der Waals surface area contributed by atoms with Gasteiger partial charge in [-0.25, -0.2) is 0 Å². The lowest BCUT2D eigenvalue weighted by atomic mass is 10.1. The Balaban J connectivity index is 1.94. The van der Waals surface area contributed by atoms with E-state index in [1.807, 2.05) is 37.3 Å². The molecule has 100 valence electrons. The molecule has 0 aliphatic carbocycles. The number of carbonyl (C=O) groups is 1. The van der Waals surface area contributed by atoms with Crippen molar-refractivity contribution in [1.82, 2.24) is 10.2 Å². The van der Waals surface area contributed by atoms with E-state index < -0.39 is 0 Å². The molecule has 0 saturated carbocycles. The lowest BCUT2D eigenvalue weighted by Crippen LogP contribution is -2.12. The van der Waals surface area contributed by atoms with Gasteiger partial charge in [0.05, 0.1) is 17.4 Å². The monoisotopic (exact) mass is 329 g/mol. The average molecular weight is 330 g/mol. The van der Waals surface area contributed by atoms with Gasteiger partial charge in [-0.1, -0.05) is 22.0 Å². The van der Waals surface area contributed by atoms with Gasteiger partial charge in [0.1, 0.15) is 0 Å². The zero-order valence-electron chi connectivity index (χ0n) is 10.8. The highest BCUT2D eigenvalue weighted by molar-refractivity contribution is 9.10. The number of rotatable bonds is 2. The second-order valence-corrected chi connectivity index (χ2v) is 5.52. The topological polar surface area (TPSA) is 57.8 Å². The fourth-order valence-corrected chi connectivity index (χ4v) is 2.75. The van der Waals surface area contributed by atoms with Gasteiger partial charge in [0.15, 0.2) is 0 Å². The molecule has 0 atom stereocenters. The van der Waals surface area contributed by atoms with Crippen LogP contribution in [-0.4, -0.2) is 16.1 Å². The number of benzene rings is 2. The second-order valence-electron chi connectivity index (χ2n) is 4.61. The lowest BCUT2D eigenvalue weighted by molar-refractivity contribution is 0.102. The average Bonchev–Trinajstić information content (AvgIpc) is 2.87. The summed E-state index contributed by atoms with van der Waals surface area (Å²) in [5.74, 6) is -0.136. The first-order valence-electron chi connectivity index (χ1n) is 6.14. The lowest BCUT2D eigenvalue weighted by Gasteiger charge is -2.07. The molecule has 20 heavy (non-hydrogen) atoms. The smallest absolute Gasteiger partial charge is 0.255 e. The molecule has 1 amide bonds. The molecule has 0 aliphatic rings. The van der Waals surface area contributed by atoms with Crippen molar-refractivity contribution in [2.45, 2.75) is 6.92 Å². The van der Waals surface area contributed by atoms with Crippen LogP contribution in [0.1, 0.15) is 15.9 Å². The molecule has 2 aromatic carbocycles. The van der Waals surface area contributed by atoms with Crippen LogP contribution in [0.4, 0.5) is 5.69 Å². The molecule has 0 saturated heterocycles. The predicted molar refractivity (Wildman–Crippen MR) is 82.9 cm³/mol. The number of nitrogens with one attached hydrogen (secondary N) is 2. The summed E-state index contributed by atoms with van der Waals surface area (Å²) < 4.78 is 0.893. The van der Waals surface area contributed by atoms with Crippen LogP contribution in [0.25, 0.3) is 10.9 Å². The molecule has 0 bridgehead atoms. The van der Waals surface area contributed by atoms with Crippen molar-refractivity contribution in [2.24, 2.45) is 0 Å². The van der Waals surface area contributed by atoms with Gasteiger partial charge in [0.25, 0.3) is 5.91 Å². The zero-order chi connectivity index (χ0) is 14.1. The number of aryl methyl sites for hydroxylation is 1. The Morgan fingerprint density at radius 3 is 2.95 bits per heavy atom. The Kier molecular flexibility index (Phi) is 3.28. The Bertz CT molecular complexity index is 774. The van der Waals surface area contributed by atoms with Crippen LogP contribution < -0.4 is 5.32 Å². The van der Waals surface area contributed by atoms with Gasteiger partial charge in [0.2, 0.25) is 0 Å². The molecule has 3 aromatic rings. The van der Waals surface area contributed by atoms with E-state index in [-0.39, 0.29) is 5.91 Å². The largest absolute Gasteiger partial charge is 0.321 e. The quantitative estimate of drug-likeness (QED) is 0.749. The number of aromatic amines is 1. The van der Waals surface area contributed by atoms with Crippen LogP contribution >= 0.6 is 15.9 Å². The fourth-order valence-electron chi connectivity index (χ4n) is 2.14. The summed E-state index contributed by atoms with van der Waals surface area (Å²) in [5.41, 5.74) is 3.30. The highest BCUT2D eigenvalue weighted by Gasteiger charge is 2.10. The van der Waals surface area contributed by atoms with Crippen molar-refractivity contribution in [1.29, 1.82) is 0 Å². The maximum absolute atomic E-state index is 12.3. The molecule has 2 N–H and O–H groups in total. The third-order valence-electron chi connectivity index (χ3n) is 3.04. The van der Waals surface area contributed by atoms with Crippen molar-refractivity contribution < 1.29 is 4.79 Å². The Hall–Kier alpha value is -2.14. The van der Waals surface area contributed by atoms with Crippen molar-refractivity contribution in [3.05, 3.63) is 58.2 Å². The van der Waals surface area contributed by atoms with Crippen LogP contribution in [0.2, 0.25) is 0 Å². The number of carbonyl (C=O) groups excluding carboxylic acids is 1. The first kappa shape index (κ1) is 12.9. The summed E-state index contributed by atoms with van der Waals surface area (Å²) in [4.78, 5) is 12.3. The van der Waals surface area contributed by atoms with Crippen molar-refractivity contribution in [3.8, 4) is 0 Å². The number of anilines is 1.